The standard InChI is InChI=1S/C12H12BrN3O/c13-10-3-1-2-9(6-10)7-12-15-4-5-16(12)8-11(14)17/h1-6H,7-8H2,(H2,14,17). The molecule has 0 aliphatic heterocycles. The van der Waals surface area contributed by atoms with E-state index < -0.39 is 0 Å². The van der Waals surface area contributed by atoms with Crippen molar-refractivity contribution in [3.05, 3.63) is 52.5 Å². The summed E-state index contributed by atoms with van der Waals surface area (Å²) in [5, 5.41) is 0. The van der Waals surface area contributed by atoms with Crippen LogP contribution in [0, 0.1) is 0 Å². The lowest BCUT2D eigenvalue weighted by Crippen LogP contribution is -2.19. The van der Waals surface area contributed by atoms with Gasteiger partial charge in [-0.05, 0) is 17.7 Å². The van der Waals surface area contributed by atoms with E-state index in [1.165, 1.54) is 0 Å². The molecule has 0 radical (unpaired) electrons. The van der Waals surface area contributed by atoms with Gasteiger partial charge in [-0.1, -0.05) is 28.1 Å². The third-order valence-corrected chi connectivity index (χ3v) is 2.87. The maximum Gasteiger partial charge on any atom is 0.237 e. The third-order valence-electron chi connectivity index (χ3n) is 2.38. The maximum atomic E-state index is 10.9. The highest BCUT2D eigenvalue weighted by Gasteiger charge is 2.06. The first-order valence-electron chi connectivity index (χ1n) is 5.18. The van der Waals surface area contributed by atoms with Gasteiger partial charge in [0.2, 0.25) is 5.91 Å². The van der Waals surface area contributed by atoms with Crippen molar-refractivity contribution in [3.63, 3.8) is 0 Å². The van der Waals surface area contributed by atoms with Gasteiger partial charge in [-0.3, -0.25) is 4.79 Å². The Hall–Kier alpha value is -1.62. The largest absolute Gasteiger partial charge is 0.368 e. The Morgan fingerprint density at radius 2 is 2.29 bits per heavy atom. The summed E-state index contributed by atoms with van der Waals surface area (Å²) in [4.78, 5) is 15.1. The molecule has 2 aromatic rings. The van der Waals surface area contributed by atoms with Crippen molar-refractivity contribution >= 4 is 21.8 Å². The lowest BCUT2D eigenvalue weighted by atomic mass is 10.1. The van der Waals surface area contributed by atoms with Crippen LogP contribution in [0.15, 0.2) is 41.1 Å². The monoisotopic (exact) mass is 293 g/mol. The molecule has 0 fully saturated rings. The number of imidazole rings is 1. The minimum Gasteiger partial charge on any atom is -0.368 e. The molecule has 1 heterocycles. The number of halogens is 1. The Balaban J connectivity index is 2.18. The van der Waals surface area contributed by atoms with Crippen molar-refractivity contribution in [1.82, 2.24) is 9.55 Å². The number of benzene rings is 1. The number of aromatic nitrogens is 2. The van der Waals surface area contributed by atoms with Crippen LogP contribution in [0.4, 0.5) is 0 Å². The molecule has 0 saturated heterocycles. The second-order valence-corrected chi connectivity index (χ2v) is 4.66. The zero-order chi connectivity index (χ0) is 12.3. The summed E-state index contributed by atoms with van der Waals surface area (Å²) >= 11 is 3.42. The molecular weight excluding hydrogens is 282 g/mol. The number of nitrogens with two attached hydrogens (primary N) is 1. The van der Waals surface area contributed by atoms with Crippen molar-refractivity contribution in [1.29, 1.82) is 0 Å². The van der Waals surface area contributed by atoms with Gasteiger partial charge in [0.25, 0.3) is 0 Å². The van der Waals surface area contributed by atoms with Gasteiger partial charge in [0.05, 0.1) is 0 Å². The van der Waals surface area contributed by atoms with Crippen molar-refractivity contribution in [2.75, 3.05) is 0 Å². The molecule has 1 aromatic heterocycles. The van der Waals surface area contributed by atoms with Gasteiger partial charge in [-0.15, -0.1) is 0 Å². The molecule has 0 atom stereocenters. The Morgan fingerprint density at radius 3 is 3.00 bits per heavy atom. The van der Waals surface area contributed by atoms with Crippen molar-refractivity contribution in [3.8, 4) is 0 Å². The van der Waals surface area contributed by atoms with Crippen LogP contribution in [-0.4, -0.2) is 15.5 Å². The molecule has 5 heteroatoms. The van der Waals surface area contributed by atoms with Crippen LogP contribution in [-0.2, 0) is 17.8 Å². The van der Waals surface area contributed by atoms with Gasteiger partial charge in [-0.2, -0.15) is 0 Å². The SMILES string of the molecule is NC(=O)Cn1ccnc1Cc1cccc(Br)c1. The van der Waals surface area contributed by atoms with E-state index in [2.05, 4.69) is 20.9 Å². The number of nitrogens with zero attached hydrogens (tertiary/aromatic N) is 2. The van der Waals surface area contributed by atoms with Gasteiger partial charge in [0.15, 0.2) is 0 Å². The molecule has 0 spiro atoms. The predicted octanol–water partition coefficient (Wildman–Crippen LogP) is 1.72. The number of amides is 1. The Bertz CT molecular complexity index is 536. The van der Waals surface area contributed by atoms with Crippen LogP contribution in [0.2, 0.25) is 0 Å². The zero-order valence-electron chi connectivity index (χ0n) is 9.14. The molecule has 0 aliphatic rings. The quantitative estimate of drug-likeness (QED) is 0.933. The highest BCUT2D eigenvalue weighted by Crippen LogP contribution is 2.14. The maximum absolute atomic E-state index is 10.9. The molecule has 17 heavy (non-hydrogen) atoms. The van der Waals surface area contributed by atoms with E-state index in [4.69, 9.17) is 5.73 Å². The van der Waals surface area contributed by atoms with E-state index in [9.17, 15) is 4.79 Å². The molecule has 0 aliphatic carbocycles. The van der Waals surface area contributed by atoms with Crippen molar-refractivity contribution < 1.29 is 4.79 Å². The Labute approximate surface area is 108 Å². The molecule has 1 aromatic carbocycles. The first-order chi connectivity index (χ1) is 8.15. The lowest BCUT2D eigenvalue weighted by molar-refractivity contribution is -0.118. The molecular formula is C12H12BrN3O. The molecule has 4 nitrogen and oxygen atoms in total. The summed E-state index contributed by atoms with van der Waals surface area (Å²) in [6.07, 6.45) is 4.12. The zero-order valence-corrected chi connectivity index (χ0v) is 10.7. The van der Waals surface area contributed by atoms with Crippen molar-refractivity contribution in [2.45, 2.75) is 13.0 Å². The van der Waals surface area contributed by atoms with Crippen LogP contribution in [0.3, 0.4) is 0 Å². The number of hydrogen-bond acceptors (Lipinski definition) is 2. The summed E-state index contributed by atoms with van der Waals surface area (Å²) in [7, 11) is 0. The van der Waals surface area contributed by atoms with E-state index in [1.807, 2.05) is 24.3 Å². The fourth-order valence-electron chi connectivity index (χ4n) is 1.65. The van der Waals surface area contributed by atoms with Crippen molar-refractivity contribution in [2.24, 2.45) is 5.73 Å². The smallest absolute Gasteiger partial charge is 0.237 e. The predicted molar refractivity (Wildman–Crippen MR) is 68.4 cm³/mol. The molecule has 0 unspecified atom stereocenters. The number of primary amides is 1. The Morgan fingerprint density at radius 1 is 1.47 bits per heavy atom. The third kappa shape index (κ3) is 3.17. The lowest BCUT2D eigenvalue weighted by Gasteiger charge is -2.05. The number of rotatable bonds is 4. The van der Waals surface area contributed by atoms with E-state index in [0.717, 1.165) is 15.9 Å². The van der Waals surface area contributed by atoms with Gasteiger partial charge in [-0.25, -0.2) is 4.98 Å². The van der Waals surface area contributed by atoms with Crippen LogP contribution < -0.4 is 5.73 Å². The summed E-state index contributed by atoms with van der Waals surface area (Å²) in [5.74, 6) is 0.473. The van der Waals surface area contributed by atoms with E-state index in [1.54, 1.807) is 17.0 Å². The van der Waals surface area contributed by atoms with Crippen LogP contribution in [0.5, 0.6) is 0 Å². The van der Waals surface area contributed by atoms with E-state index >= 15 is 0 Å². The van der Waals surface area contributed by atoms with Gasteiger partial charge in [0.1, 0.15) is 12.4 Å². The highest BCUT2D eigenvalue weighted by molar-refractivity contribution is 9.10. The fraction of sp³-hybridized carbons (Fsp3) is 0.167. The number of carbonyl (C=O) groups is 1. The van der Waals surface area contributed by atoms with Gasteiger partial charge >= 0.3 is 0 Å². The summed E-state index contributed by atoms with van der Waals surface area (Å²) < 4.78 is 2.80. The van der Waals surface area contributed by atoms with Crippen LogP contribution in [0.25, 0.3) is 0 Å². The molecule has 2 N–H and O–H groups in total. The van der Waals surface area contributed by atoms with Gasteiger partial charge in [0, 0.05) is 23.3 Å². The highest BCUT2D eigenvalue weighted by atomic mass is 79.9. The number of carbonyl (C=O) groups excluding carboxylic acids is 1. The van der Waals surface area contributed by atoms with E-state index in [0.29, 0.717) is 6.42 Å². The number of hydrogen-bond donors (Lipinski definition) is 1. The second-order valence-electron chi connectivity index (χ2n) is 3.74. The molecule has 88 valence electrons. The first-order valence-corrected chi connectivity index (χ1v) is 5.97. The normalized spacial score (nSPS) is 10.4. The summed E-state index contributed by atoms with van der Waals surface area (Å²) in [5.41, 5.74) is 6.31. The second kappa shape index (κ2) is 5.14. The topological polar surface area (TPSA) is 60.9 Å². The summed E-state index contributed by atoms with van der Waals surface area (Å²) in [6.45, 7) is 0.170. The minimum atomic E-state index is -0.363. The average Bonchev–Trinajstić information content (AvgIpc) is 2.65. The molecule has 0 bridgehead atoms. The minimum absolute atomic E-state index is 0.170. The summed E-state index contributed by atoms with van der Waals surface area (Å²) in [6, 6.07) is 8.00. The van der Waals surface area contributed by atoms with Crippen LogP contribution >= 0.6 is 15.9 Å². The molecule has 2 rings (SSSR count). The fourth-order valence-corrected chi connectivity index (χ4v) is 2.10. The van der Waals surface area contributed by atoms with Gasteiger partial charge < -0.3 is 10.3 Å². The Kier molecular flexibility index (Phi) is 3.58. The van der Waals surface area contributed by atoms with Crippen LogP contribution in [0.1, 0.15) is 11.4 Å². The molecule has 1 amide bonds. The first kappa shape index (κ1) is 11.9. The molecule has 0 saturated carbocycles. The average molecular weight is 294 g/mol. The van der Waals surface area contributed by atoms with E-state index in [-0.39, 0.29) is 12.5 Å².